The Morgan fingerprint density at radius 3 is 2.79 bits per heavy atom. The molecule has 1 fully saturated rings. The normalized spacial score (nSPS) is 18.0. The molecule has 9 heteroatoms. The van der Waals surface area contributed by atoms with Gasteiger partial charge in [0.25, 0.3) is 0 Å². The van der Waals surface area contributed by atoms with Crippen LogP contribution in [0.2, 0.25) is 5.02 Å². The third-order valence-electron chi connectivity index (χ3n) is 5.23. The molecule has 0 unspecified atom stereocenters. The number of hydrogen-bond donors (Lipinski definition) is 3. The third-order valence-corrected chi connectivity index (χ3v) is 5.45. The summed E-state index contributed by atoms with van der Waals surface area (Å²) >= 11 is 6.12. The van der Waals surface area contributed by atoms with Crippen molar-refractivity contribution in [1.29, 1.82) is 0 Å². The fourth-order valence-corrected chi connectivity index (χ4v) is 4.31. The number of benzene rings is 1. The number of halogens is 2. The number of hydrogen-bond acceptors (Lipinski definition) is 6. The number of carbonyl (C=O) groups is 1. The molecule has 1 aliphatic carbocycles. The van der Waals surface area contributed by atoms with E-state index in [0.717, 1.165) is 62.4 Å². The molecule has 2 aromatic rings. The Hall–Kier alpha value is -2.25. The molecule has 4 rings (SSSR count). The van der Waals surface area contributed by atoms with E-state index in [0.29, 0.717) is 16.7 Å². The number of nitrogen functional groups attached to an aromatic ring is 1. The maximum absolute atomic E-state index is 11.4. The monoisotopic (exact) mass is 436 g/mol. The van der Waals surface area contributed by atoms with E-state index in [1.165, 1.54) is 5.56 Å². The number of anilines is 4. The molecule has 1 amide bonds. The average molecular weight is 437 g/mol. The Morgan fingerprint density at radius 1 is 1.24 bits per heavy atom. The lowest BCUT2D eigenvalue weighted by Crippen LogP contribution is -2.36. The second kappa shape index (κ2) is 9.05. The minimum absolute atomic E-state index is 0. The van der Waals surface area contributed by atoms with E-state index in [2.05, 4.69) is 15.5 Å². The van der Waals surface area contributed by atoms with Gasteiger partial charge in [-0.1, -0.05) is 11.6 Å². The number of rotatable bonds is 4. The lowest BCUT2D eigenvalue weighted by Gasteiger charge is -2.25. The fraction of sp³-hybridized carbons (Fsp3) is 0.450. The van der Waals surface area contributed by atoms with Crippen LogP contribution < -0.4 is 21.3 Å². The summed E-state index contributed by atoms with van der Waals surface area (Å²) in [6.07, 6.45) is 5.17. The van der Waals surface area contributed by atoms with Gasteiger partial charge >= 0.3 is 0 Å². The summed E-state index contributed by atoms with van der Waals surface area (Å²) in [4.78, 5) is 23.3. The van der Waals surface area contributed by atoms with Gasteiger partial charge < -0.3 is 21.3 Å². The molecular weight excluding hydrogens is 411 g/mol. The first-order valence-electron chi connectivity index (χ1n) is 9.73. The zero-order valence-electron chi connectivity index (χ0n) is 16.4. The van der Waals surface area contributed by atoms with Crippen molar-refractivity contribution >= 4 is 53.1 Å². The van der Waals surface area contributed by atoms with E-state index in [4.69, 9.17) is 27.3 Å². The van der Waals surface area contributed by atoms with Gasteiger partial charge in [0, 0.05) is 48.0 Å². The van der Waals surface area contributed by atoms with Crippen molar-refractivity contribution in [2.75, 3.05) is 29.0 Å². The number of amides is 1. The molecule has 1 aromatic carbocycles. The van der Waals surface area contributed by atoms with Crippen LogP contribution in [0.25, 0.3) is 0 Å². The van der Waals surface area contributed by atoms with E-state index in [1.54, 1.807) is 13.0 Å². The lowest BCUT2D eigenvalue weighted by atomic mass is 9.96. The van der Waals surface area contributed by atoms with Crippen LogP contribution in [-0.2, 0) is 17.6 Å². The smallest absolute Gasteiger partial charge is 0.229 e. The summed E-state index contributed by atoms with van der Waals surface area (Å²) in [6, 6.07) is 5.49. The summed E-state index contributed by atoms with van der Waals surface area (Å²) < 4.78 is 0. The minimum atomic E-state index is 0. The molecular formula is C20H26Cl2N6O. The number of carbonyl (C=O) groups excluding carboxylic acids is 1. The van der Waals surface area contributed by atoms with E-state index < -0.39 is 0 Å². The number of aryl methyl sites for hydroxylation is 1. The first-order chi connectivity index (χ1) is 13.5. The standard InChI is InChI=1S/C20H25ClN6O.ClH/c1-12(28)23-15-6-7-27(11-15)19-17-4-2-3-5-18(17)25-20(26-19)24-16-9-13(21)8-14(22)10-16;/h8-10,15H,2-7,11,22H2,1H3,(H,23,28)(H,24,25,26);1H/t15-;/m0./s1. The first-order valence-corrected chi connectivity index (χ1v) is 10.1. The van der Waals surface area contributed by atoms with Gasteiger partial charge in [-0.05, 0) is 50.3 Å². The highest BCUT2D eigenvalue weighted by molar-refractivity contribution is 6.31. The van der Waals surface area contributed by atoms with Crippen molar-refractivity contribution in [3.05, 3.63) is 34.5 Å². The first kappa shape index (κ1) is 21.5. The largest absolute Gasteiger partial charge is 0.399 e. The van der Waals surface area contributed by atoms with Gasteiger partial charge in [0.15, 0.2) is 0 Å². The highest BCUT2D eigenvalue weighted by Crippen LogP contribution is 2.32. The van der Waals surface area contributed by atoms with E-state index in [-0.39, 0.29) is 24.4 Å². The van der Waals surface area contributed by atoms with Gasteiger partial charge in [-0.2, -0.15) is 4.98 Å². The summed E-state index contributed by atoms with van der Waals surface area (Å²) in [5.41, 5.74) is 9.61. The highest BCUT2D eigenvalue weighted by atomic mass is 35.5. The number of nitrogens with two attached hydrogens (primary N) is 1. The van der Waals surface area contributed by atoms with Crippen LogP contribution in [0, 0.1) is 0 Å². The molecule has 0 spiro atoms. The Kier molecular flexibility index (Phi) is 6.70. The predicted octanol–water partition coefficient (Wildman–Crippen LogP) is 3.47. The summed E-state index contributed by atoms with van der Waals surface area (Å²) in [5.74, 6) is 1.55. The SMILES string of the molecule is CC(=O)N[C@H]1CCN(c2nc(Nc3cc(N)cc(Cl)c3)nc3c2CCCC3)C1.Cl. The Morgan fingerprint density at radius 2 is 2.03 bits per heavy atom. The maximum Gasteiger partial charge on any atom is 0.229 e. The van der Waals surface area contributed by atoms with Crippen molar-refractivity contribution in [3.63, 3.8) is 0 Å². The molecule has 2 heterocycles. The molecule has 2 aliphatic rings. The average Bonchev–Trinajstić information content (AvgIpc) is 3.07. The van der Waals surface area contributed by atoms with Gasteiger partial charge in [-0.3, -0.25) is 4.79 Å². The van der Waals surface area contributed by atoms with Gasteiger partial charge in [0.2, 0.25) is 11.9 Å². The molecule has 7 nitrogen and oxygen atoms in total. The van der Waals surface area contributed by atoms with E-state index >= 15 is 0 Å². The quantitative estimate of drug-likeness (QED) is 0.634. The van der Waals surface area contributed by atoms with Crippen LogP contribution in [0.15, 0.2) is 18.2 Å². The summed E-state index contributed by atoms with van der Waals surface area (Å²) in [5, 5.41) is 6.85. The molecule has 1 aliphatic heterocycles. The topological polar surface area (TPSA) is 96.2 Å². The van der Waals surface area contributed by atoms with Crippen molar-refractivity contribution in [2.45, 2.75) is 45.1 Å². The Labute approximate surface area is 181 Å². The minimum Gasteiger partial charge on any atom is -0.399 e. The highest BCUT2D eigenvalue weighted by Gasteiger charge is 2.28. The third kappa shape index (κ3) is 5.03. The molecule has 4 N–H and O–H groups in total. The van der Waals surface area contributed by atoms with Crippen LogP contribution in [-0.4, -0.2) is 35.0 Å². The van der Waals surface area contributed by atoms with Gasteiger partial charge in [-0.25, -0.2) is 4.98 Å². The molecule has 1 atom stereocenters. The number of nitrogens with zero attached hydrogens (tertiary/aromatic N) is 3. The zero-order valence-corrected chi connectivity index (χ0v) is 17.9. The fourth-order valence-electron chi connectivity index (χ4n) is 4.06. The van der Waals surface area contributed by atoms with Crippen molar-refractivity contribution in [3.8, 4) is 0 Å². The van der Waals surface area contributed by atoms with Crippen LogP contribution in [0.5, 0.6) is 0 Å². The van der Waals surface area contributed by atoms with Crippen LogP contribution in [0.4, 0.5) is 23.1 Å². The number of fused-ring (bicyclic) bond motifs is 1. The van der Waals surface area contributed by atoms with E-state index in [9.17, 15) is 4.79 Å². The summed E-state index contributed by atoms with van der Waals surface area (Å²) in [7, 11) is 0. The van der Waals surface area contributed by atoms with Crippen molar-refractivity contribution < 1.29 is 4.79 Å². The number of aromatic nitrogens is 2. The molecule has 0 saturated carbocycles. The second-order valence-electron chi connectivity index (χ2n) is 7.53. The molecule has 29 heavy (non-hydrogen) atoms. The second-order valence-corrected chi connectivity index (χ2v) is 7.97. The summed E-state index contributed by atoms with van der Waals surface area (Å²) in [6.45, 7) is 3.21. The van der Waals surface area contributed by atoms with Crippen LogP contribution in [0.3, 0.4) is 0 Å². The maximum atomic E-state index is 11.4. The molecule has 1 saturated heterocycles. The molecule has 156 valence electrons. The molecule has 0 radical (unpaired) electrons. The number of nitrogens with one attached hydrogen (secondary N) is 2. The van der Waals surface area contributed by atoms with Gasteiger partial charge in [0.1, 0.15) is 5.82 Å². The lowest BCUT2D eigenvalue weighted by molar-refractivity contribution is -0.119. The molecule has 0 bridgehead atoms. The van der Waals surface area contributed by atoms with Crippen molar-refractivity contribution in [1.82, 2.24) is 15.3 Å². The van der Waals surface area contributed by atoms with Crippen LogP contribution >= 0.6 is 24.0 Å². The zero-order chi connectivity index (χ0) is 19.7. The predicted molar refractivity (Wildman–Crippen MR) is 120 cm³/mol. The van der Waals surface area contributed by atoms with Crippen molar-refractivity contribution in [2.24, 2.45) is 0 Å². The Bertz CT molecular complexity index is 887. The molecule has 1 aromatic heterocycles. The van der Waals surface area contributed by atoms with Gasteiger partial charge in [0.05, 0.1) is 5.69 Å². The van der Waals surface area contributed by atoms with E-state index in [1.807, 2.05) is 12.1 Å². The Balaban J connectivity index is 0.00000240. The van der Waals surface area contributed by atoms with Gasteiger partial charge in [-0.15, -0.1) is 12.4 Å². The van der Waals surface area contributed by atoms with Crippen LogP contribution in [0.1, 0.15) is 37.4 Å².